The highest BCUT2D eigenvalue weighted by molar-refractivity contribution is 7.92. The molecule has 0 bridgehead atoms. The minimum atomic E-state index is -4.24. The van der Waals surface area contributed by atoms with Gasteiger partial charge in [-0.2, -0.15) is 0 Å². The lowest BCUT2D eigenvalue weighted by atomic mass is 10.0. The predicted molar refractivity (Wildman–Crippen MR) is 178 cm³/mol. The Morgan fingerprint density at radius 2 is 1.51 bits per heavy atom. The molecule has 1 N–H and O–H groups in total. The van der Waals surface area contributed by atoms with Crippen LogP contribution in [0.2, 0.25) is 5.02 Å². The largest absolute Gasteiger partial charge is 0.497 e. The average Bonchev–Trinajstić information content (AvgIpc) is 3.02. The minimum absolute atomic E-state index is 0.0188. The number of halogens is 1. The first-order valence-electron chi connectivity index (χ1n) is 14.6. The number of anilines is 1. The van der Waals surface area contributed by atoms with Gasteiger partial charge < -0.3 is 15.0 Å². The summed E-state index contributed by atoms with van der Waals surface area (Å²) < 4.78 is 34.5. The van der Waals surface area contributed by atoms with Crippen LogP contribution in [0.4, 0.5) is 5.69 Å². The summed E-state index contributed by atoms with van der Waals surface area (Å²) in [5.74, 6) is -0.374. The second-order valence-electron chi connectivity index (χ2n) is 11.0. The van der Waals surface area contributed by atoms with Gasteiger partial charge in [-0.3, -0.25) is 13.9 Å². The van der Waals surface area contributed by atoms with E-state index in [-0.39, 0.29) is 35.5 Å². The van der Waals surface area contributed by atoms with Crippen LogP contribution in [-0.2, 0) is 32.6 Å². The summed E-state index contributed by atoms with van der Waals surface area (Å²) in [6, 6.07) is 28.2. The Morgan fingerprint density at radius 3 is 2.11 bits per heavy atom. The van der Waals surface area contributed by atoms with Crippen molar-refractivity contribution in [1.82, 2.24) is 10.2 Å². The highest BCUT2D eigenvalue weighted by Gasteiger charge is 2.35. The minimum Gasteiger partial charge on any atom is -0.497 e. The van der Waals surface area contributed by atoms with Gasteiger partial charge in [0.25, 0.3) is 10.0 Å². The SMILES string of the molecule is COc1ccc(S(=O)(=O)N(CC(=O)N(Cc2cccc(C)c2)[C@@H](Cc2ccccc2)C(=O)NC(C)C)c2ccc(Cl)cc2)cc1. The Hall–Kier alpha value is -4.34. The Morgan fingerprint density at radius 1 is 0.867 bits per heavy atom. The molecule has 8 nitrogen and oxygen atoms in total. The van der Waals surface area contributed by atoms with E-state index in [9.17, 15) is 18.0 Å². The first-order valence-corrected chi connectivity index (χ1v) is 16.4. The van der Waals surface area contributed by atoms with E-state index in [2.05, 4.69) is 5.32 Å². The van der Waals surface area contributed by atoms with Crippen LogP contribution in [0.1, 0.15) is 30.5 Å². The summed E-state index contributed by atoms with van der Waals surface area (Å²) in [5, 5.41) is 3.38. The van der Waals surface area contributed by atoms with Crippen molar-refractivity contribution in [2.24, 2.45) is 0 Å². The van der Waals surface area contributed by atoms with Crippen LogP contribution in [0.3, 0.4) is 0 Å². The summed E-state index contributed by atoms with van der Waals surface area (Å²) >= 11 is 6.13. The molecule has 236 valence electrons. The molecule has 1 atom stereocenters. The van der Waals surface area contributed by atoms with Crippen LogP contribution < -0.4 is 14.4 Å². The van der Waals surface area contributed by atoms with Crippen LogP contribution in [0.5, 0.6) is 5.75 Å². The van der Waals surface area contributed by atoms with Crippen LogP contribution in [-0.4, -0.2) is 50.9 Å². The van der Waals surface area contributed by atoms with E-state index in [4.69, 9.17) is 16.3 Å². The number of hydrogen-bond acceptors (Lipinski definition) is 5. The number of amides is 2. The van der Waals surface area contributed by atoms with Gasteiger partial charge in [-0.1, -0.05) is 71.8 Å². The predicted octanol–water partition coefficient (Wildman–Crippen LogP) is 6.02. The third-order valence-corrected chi connectivity index (χ3v) is 9.22. The molecule has 4 aromatic carbocycles. The van der Waals surface area contributed by atoms with Crippen LogP contribution in [0.25, 0.3) is 0 Å². The molecule has 0 saturated heterocycles. The quantitative estimate of drug-likeness (QED) is 0.192. The van der Waals surface area contributed by atoms with Gasteiger partial charge in [-0.25, -0.2) is 8.42 Å². The Balaban J connectivity index is 1.80. The van der Waals surface area contributed by atoms with Crippen molar-refractivity contribution in [3.63, 3.8) is 0 Å². The van der Waals surface area contributed by atoms with Gasteiger partial charge in [0.1, 0.15) is 18.3 Å². The fourth-order valence-electron chi connectivity index (χ4n) is 4.95. The Kier molecular flexibility index (Phi) is 11.3. The van der Waals surface area contributed by atoms with Crippen molar-refractivity contribution in [2.75, 3.05) is 18.0 Å². The Labute approximate surface area is 270 Å². The fraction of sp³-hybridized carbons (Fsp3) is 0.257. The number of rotatable bonds is 13. The molecule has 0 spiro atoms. The molecular formula is C35H38ClN3O5S. The van der Waals surface area contributed by atoms with Gasteiger partial charge in [-0.05, 0) is 80.4 Å². The first kappa shape index (κ1) is 33.6. The number of aryl methyl sites for hydroxylation is 1. The number of hydrogen-bond donors (Lipinski definition) is 1. The third-order valence-electron chi connectivity index (χ3n) is 7.18. The van der Waals surface area contributed by atoms with E-state index >= 15 is 0 Å². The molecule has 45 heavy (non-hydrogen) atoms. The lowest BCUT2D eigenvalue weighted by molar-refractivity contribution is -0.140. The van der Waals surface area contributed by atoms with Gasteiger partial charge in [0.15, 0.2) is 0 Å². The molecule has 2 amide bonds. The number of nitrogens with zero attached hydrogens (tertiary/aromatic N) is 2. The molecule has 0 saturated carbocycles. The maximum atomic E-state index is 14.5. The molecule has 0 heterocycles. The van der Waals surface area contributed by atoms with Crippen LogP contribution >= 0.6 is 11.6 Å². The molecule has 4 aromatic rings. The van der Waals surface area contributed by atoms with Crippen molar-refractivity contribution < 1.29 is 22.7 Å². The third kappa shape index (κ3) is 8.86. The second kappa shape index (κ2) is 15.1. The molecule has 10 heteroatoms. The lowest BCUT2D eigenvalue weighted by Crippen LogP contribution is -2.54. The lowest BCUT2D eigenvalue weighted by Gasteiger charge is -2.34. The number of carbonyl (C=O) groups is 2. The van der Waals surface area contributed by atoms with Gasteiger partial charge in [0.05, 0.1) is 17.7 Å². The van der Waals surface area contributed by atoms with Gasteiger partial charge in [0.2, 0.25) is 11.8 Å². The highest BCUT2D eigenvalue weighted by atomic mass is 35.5. The van der Waals surface area contributed by atoms with Gasteiger partial charge in [0, 0.05) is 24.0 Å². The second-order valence-corrected chi connectivity index (χ2v) is 13.3. The van der Waals surface area contributed by atoms with Crippen LogP contribution in [0, 0.1) is 6.92 Å². The highest BCUT2D eigenvalue weighted by Crippen LogP contribution is 2.27. The molecule has 0 aliphatic rings. The van der Waals surface area contributed by atoms with Crippen molar-refractivity contribution in [3.05, 3.63) is 125 Å². The number of benzene rings is 4. The molecule has 0 aliphatic heterocycles. The molecule has 4 rings (SSSR count). The number of sulfonamides is 1. The summed E-state index contributed by atoms with van der Waals surface area (Å²) in [7, 11) is -2.74. The maximum absolute atomic E-state index is 14.5. The van der Waals surface area contributed by atoms with Crippen LogP contribution in [0.15, 0.2) is 108 Å². The zero-order chi connectivity index (χ0) is 32.6. The van der Waals surface area contributed by atoms with Crippen molar-refractivity contribution in [2.45, 2.75) is 50.7 Å². The molecule has 0 aliphatic carbocycles. The molecule has 0 unspecified atom stereocenters. The topological polar surface area (TPSA) is 96.0 Å². The molecule has 0 fully saturated rings. The van der Waals surface area contributed by atoms with Crippen molar-refractivity contribution in [3.8, 4) is 5.75 Å². The van der Waals surface area contributed by atoms with Crippen molar-refractivity contribution in [1.29, 1.82) is 0 Å². The van der Waals surface area contributed by atoms with E-state index in [1.165, 1.54) is 24.1 Å². The summed E-state index contributed by atoms with van der Waals surface area (Å²) in [5.41, 5.74) is 2.93. The number of ether oxygens (including phenoxy) is 1. The fourth-order valence-corrected chi connectivity index (χ4v) is 6.49. The number of nitrogens with one attached hydrogen (secondary N) is 1. The summed E-state index contributed by atoms with van der Waals surface area (Å²) in [6.07, 6.45) is 0.239. The molecule has 0 aromatic heterocycles. The summed E-state index contributed by atoms with van der Waals surface area (Å²) in [4.78, 5) is 29.7. The van der Waals surface area contributed by atoms with E-state index < -0.39 is 28.5 Å². The number of carbonyl (C=O) groups excluding carboxylic acids is 2. The standard InChI is InChI=1S/C35H38ClN3O5S/c1-25(2)37-35(41)33(22-27-10-6-5-7-11-27)38(23-28-12-8-9-26(3)21-28)34(40)24-39(30-15-13-29(36)14-16-30)45(42,43)32-19-17-31(44-4)18-20-32/h5-21,25,33H,22-24H2,1-4H3,(H,37,41)/t33-/m0/s1. The average molecular weight is 648 g/mol. The van der Waals surface area contributed by atoms with Crippen molar-refractivity contribution >= 4 is 39.1 Å². The van der Waals surface area contributed by atoms with E-state index in [1.54, 1.807) is 36.4 Å². The van der Waals surface area contributed by atoms with Gasteiger partial charge >= 0.3 is 0 Å². The smallest absolute Gasteiger partial charge is 0.264 e. The normalized spacial score (nSPS) is 12.0. The zero-order valence-corrected chi connectivity index (χ0v) is 27.4. The van der Waals surface area contributed by atoms with E-state index in [1.807, 2.05) is 75.4 Å². The first-order chi connectivity index (χ1) is 21.5. The van der Waals surface area contributed by atoms with Gasteiger partial charge in [-0.15, -0.1) is 0 Å². The molecule has 0 radical (unpaired) electrons. The van der Waals surface area contributed by atoms with E-state index in [0.29, 0.717) is 10.8 Å². The van der Waals surface area contributed by atoms with E-state index in [0.717, 1.165) is 21.0 Å². The molecular weight excluding hydrogens is 610 g/mol. The maximum Gasteiger partial charge on any atom is 0.264 e. The zero-order valence-electron chi connectivity index (χ0n) is 25.8. The summed E-state index contributed by atoms with van der Waals surface area (Å²) in [6.45, 7) is 5.21. The monoisotopic (exact) mass is 647 g/mol. The number of methoxy groups -OCH3 is 1. The Bertz CT molecular complexity index is 1700.